The molecule has 0 aromatic carbocycles. The fraction of sp³-hybridized carbons (Fsp3) is 1.00. The molecule has 0 spiro atoms. The first-order chi connectivity index (χ1) is 8.22. The zero-order valence-electron chi connectivity index (χ0n) is 14.9. The van der Waals surface area contributed by atoms with Crippen molar-refractivity contribution in [3.63, 3.8) is 0 Å². The van der Waals surface area contributed by atoms with Crippen molar-refractivity contribution in [2.24, 2.45) is 10.8 Å². The summed E-state index contributed by atoms with van der Waals surface area (Å²) in [5, 5.41) is 0. The molecular weight excluding hydrogens is 236 g/mol. The van der Waals surface area contributed by atoms with Crippen LogP contribution in [0.1, 0.15) is 75.7 Å². The second-order valence-electron chi connectivity index (χ2n) is 8.69. The normalized spacial score (nSPS) is 14.8. The lowest BCUT2D eigenvalue weighted by Crippen LogP contribution is -2.46. The zero-order valence-corrected chi connectivity index (χ0v) is 14.9. The summed E-state index contributed by atoms with van der Waals surface area (Å²) in [7, 11) is 0. The van der Waals surface area contributed by atoms with E-state index in [1.165, 1.54) is 0 Å². The van der Waals surface area contributed by atoms with E-state index in [-0.39, 0.29) is 22.0 Å². The first kappa shape index (κ1) is 18.9. The topological polar surface area (TPSA) is 18.5 Å². The summed E-state index contributed by atoms with van der Waals surface area (Å²) in [6.45, 7) is 23.3. The lowest BCUT2D eigenvalue weighted by atomic mass is 9.65. The smallest absolute Gasteiger partial charge is 0.0598 e. The fourth-order valence-electron chi connectivity index (χ4n) is 1.92. The lowest BCUT2D eigenvalue weighted by Gasteiger charge is -2.46. The summed E-state index contributed by atoms with van der Waals surface area (Å²) >= 11 is 0. The zero-order chi connectivity index (χ0) is 15.5. The minimum absolute atomic E-state index is 0.0492. The highest BCUT2D eigenvalue weighted by Gasteiger charge is 2.42. The van der Waals surface area contributed by atoms with Crippen LogP contribution in [0.2, 0.25) is 0 Å². The molecule has 0 aliphatic carbocycles. The molecule has 0 N–H and O–H groups in total. The Morgan fingerprint density at radius 3 is 1.11 bits per heavy atom. The fourth-order valence-corrected chi connectivity index (χ4v) is 1.92. The van der Waals surface area contributed by atoms with Gasteiger partial charge < -0.3 is 9.47 Å². The van der Waals surface area contributed by atoms with Crippen LogP contribution in [0.4, 0.5) is 0 Å². The number of hydrogen-bond donors (Lipinski definition) is 0. The van der Waals surface area contributed by atoms with Crippen molar-refractivity contribution in [3.05, 3.63) is 0 Å². The van der Waals surface area contributed by atoms with Gasteiger partial charge in [-0.1, -0.05) is 27.7 Å². The van der Waals surface area contributed by atoms with Gasteiger partial charge >= 0.3 is 0 Å². The molecule has 19 heavy (non-hydrogen) atoms. The highest BCUT2D eigenvalue weighted by atomic mass is 16.5. The molecule has 0 amide bonds. The number of hydrogen-bond acceptors (Lipinski definition) is 2. The summed E-state index contributed by atoms with van der Waals surface area (Å²) in [4.78, 5) is 0. The van der Waals surface area contributed by atoms with Crippen LogP contribution in [0.25, 0.3) is 0 Å². The minimum atomic E-state index is -0.104. The van der Waals surface area contributed by atoms with Gasteiger partial charge in [-0.3, -0.25) is 0 Å². The minimum Gasteiger partial charge on any atom is -0.375 e. The first-order valence-electron chi connectivity index (χ1n) is 7.50. The Bertz CT molecular complexity index is 242. The SMILES string of the molecule is CCC(COC(C)(C)C)(COC(C)(C)C)C(C)(C)C. The van der Waals surface area contributed by atoms with Crippen LogP contribution in [0.5, 0.6) is 0 Å². The molecule has 0 unspecified atom stereocenters. The standard InChI is InChI=1S/C17H36O2/c1-11-17(14(2,3)4,12-18-15(5,6)7)13-19-16(8,9)10/h11-13H2,1-10H3. The predicted octanol–water partition coefficient (Wildman–Crippen LogP) is 5.06. The largest absolute Gasteiger partial charge is 0.375 e. The second kappa shape index (κ2) is 6.13. The van der Waals surface area contributed by atoms with Crippen molar-refractivity contribution in [2.75, 3.05) is 13.2 Å². The van der Waals surface area contributed by atoms with Crippen molar-refractivity contribution in [2.45, 2.75) is 86.9 Å². The van der Waals surface area contributed by atoms with Gasteiger partial charge in [0.05, 0.1) is 24.4 Å². The first-order valence-corrected chi connectivity index (χ1v) is 7.50. The van der Waals surface area contributed by atoms with Gasteiger partial charge in [0.2, 0.25) is 0 Å². The molecule has 0 saturated heterocycles. The van der Waals surface area contributed by atoms with Crippen LogP contribution in [-0.2, 0) is 9.47 Å². The van der Waals surface area contributed by atoms with E-state index in [0.717, 1.165) is 19.6 Å². The monoisotopic (exact) mass is 272 g/mol. The van der Waals surface area contributed by atoms with Gasteiger partial charge in [-0.25, -0.2) is 0 Å². The van der Waals surface area contributed by atoms with E-state index in [1.807, 2.05) is 0 Å². The quantitative estimate of drug-likeness (QED) is 0.696. The van der Waals surface area contributed by atoms with Gasteiger partial charge in [-0.2, -0.15) is 0 Å². The van der Waals surface area contributed by atoms with Crippen LogP contribution in [0.15, 0.2) is 0 Å². The highest BCUT2D eigenvalue weighted by molar-refractivity contribution is 4.90. The summed E-state index contributed by atoms with van der Waals surface area (Å²) in [5.41, 5.74) is -0.00733. The molecule has 0 radical (unpaired) electrons. The molecule has 0 aliphatic rings. The Morgan fingerprint density at radius 2 is 0.947 bits per heavy atom. The molecule has 0 saturated carbocycles. The van der Waals surface area contributed by atoms with Gasteiger partial charge in [-0.15, -0.1) is 0 Å². The van der Waals surface area contributed by atoms with E-state index in [0.29, 0.717) is 0 Å². The van der Waals surface area contributed by atoms with Crippen LogP contribution in [-0.4, -0.2) is 24.4 Å². The Labute approximate surface area is 121 Å². The Morgan fingerprint density at radius 1 is 0.632 bits per heavy atom. The Kier molecular flexibility index (Phi) is 6.11. The maximum Gasteiger partial charge on any atom is 0.0598 e. The summed E-state index contributed by atoms with van der Waals surface area (Å²) in [6.07, 6.45) is 1.06. The van der Waals surface area contributed by atoms with E-state index in [1.54, 1.807) is 0 Å². The van der Waals surface area contributed by atoms with Crippen LogP contribution in [0.3, 0.4) is 0 Å². The van der Waals surface area contributed by atoms with Gasteiger partial charge in [0.25, 0.3) is 0 Å². The third-order valence-electron chi connectivity index (χ3n) is 3.83. The molecule has 116 valence electrons. The van der Waals surface area contributed by atoms with E-state index < -0.39 is 0 Å². The average molecular weight is 272 g/mol. The van der Waals surface area contributed by atoms with Crippen molar-refractivity contribution in [3.8, 4) is 0 Å². The maximum atomic E-state index is 6.10. The molecule has 0 aliphatic heterocycles. The molecular formula is C17H36O2. The average Bonchev–Trinajstić information content (AvgIpc) is 2.13. The van der Waals surface area contributed by atoms with Crippen molar-refractivity contribution in [1.29, 1.82) is 0 Å². The van der Waals surface area contributed by atoms with Crippen molar-refractivity contribution >= 4 is 0 Å². The Hall–Kier alpha value is -0.0800. The number of ether oxygens (including phenoxy) is 2. The molecule has 0 aromatic rings. The van der Waals surface area contributed by atoms with E-state index in [2.05, 4.69) is 69.2 Å². The molecule has 0 bridgehead atoms. The summed E-state index contributed by atoms with van der Waals surface area (Å²) < 4.78 is 12.2. The van der Waals surface area contributed by atoms with Crippen LogP contribution >= 0.6 is 0 Å². The van der Waals surface area contributed by atoms with Gasteiger partial charge in [-0.05, 0) is 53.4 Å². The molecule has 0 heterocycles. The molecule has 0 aromatic heterocycles. The lowest BCUT2D eigenvalue weighted by molar-refractivity contribution is -0.145. The van der Waals surface area contributed by atoms with Crippen molar-refractivity contribution in [1.82, 2.24) is 0 Å². The van der Waals surface area contributed by atoms with Crippen LogP contribution < -0.4 is 0 Å². The predicted molar refractivity (Wildman–Crippen MR) is 83.6 cm³/mol. The second-order valence-corrected chi connectivity index (χ2v) is 8.69. The molecule has 0 atom stereocenters. The van der Waals surface area contributed by atoms with Gasteiger partial charge in [0, 0.05) is 5.41 Å². The van der Waals surface area contributed by atoms with E-state index in [4.69, 9.17) is 9.47 Å². The highest BCUT2D eigenvalue weighted by Crippen LogP contribution is 2.43. The van der Waals surface area contributed by atoms with Crippen LogP contribution in [0, 0.1) is 10.8 Å². The van der Waals surface area contributed by atoms with E-state index >= 15 is 0 Å². The molecule has 0 fully saturated rings. The maximum absolute atomic E-state index is 6.10. The third-order valence-corrected chi connectivity index (χ3v) is 3.83. The Balaban J connectivity index is 5.01. The summed E-state index contributed by atoms with van der Waals surface area (Å²) in [5.74, 6) is 0. The molecule has 2 heteroatoms. The summed E-state index contributed by atoms with van der Waals surface area (Å²) in [6, 6.07) is 0. The van der Waals surface area contributed by atoms with Gasteiger partial charge in [0.1, 0.15) is 0 Å². The number of rotatable bonds is 5. The van der Waals surface area contributed by atoms with Gasteiger partial charge in [0.15, 0.2) is 0 Å². The van der Waals surface area contributed by atoms with E-state index in [9.17, 15) is 0 Å². The molecule has 2 nitrogen and oxygen atoms in total. The third kappa shape index (κ3) is 6.76. The van der Waals surface area contributed by atoms with Crippen molar-refractivity contribution < 1.29 is 9.47 Å². The molecule has 0 rings (SSSR count).